The summed E-state index contributed by atoms with van der Waals surface area (Å²) in [5.41, 5.74) is 4.06. The van der Waals surface area contributed by atoms with Crippen molar-refractivity contribution in [2.24, 2.45) is 0 Å². The average molecular weight is 471 g/mol. The van der Waals surface area contributed by atoms with Crippen molar-refractivity contribution in [2.75, 3.05) is 0 Å². The maximum Gasteiger partial charge on any atom is 0.255 e. The quantitative estimate of drug-likeness (QED) is 0.670. The number of fused-ring (bicyclic) bond motifs is 1. The van der Waals surface area contributed by atoms with Gasteiger partial charge in [0, 0.05) is 30.4 Å². The molecule has 3 atom stereocenters. The summed E-state index contributed by atoms with van der Waals surface area (Å²) >= 11 is 0. The van der Waals surface area contributed by atoms with E-state index in [2.05, 4.69) is 23.3 Å². The van der Waals surface area contributed by atoms with Gasteiger partial charge in [-0.15, -0.1) is 0 Å². The Hall–Kier alpha value is -3.63. The third-order valence-electron chi connectivity index (χ3n) is 7.25. The van der Waals surface area contributed by atoms with Crippen LogP contribution in [0.25, 0.3) is 0 Å². The third kappa shape index (κ3) is 4.94. The first-order valence-electron chi connectivity index (χ1n) is 12.3. The third-order valence-corrected chi connectivity index (χ3v) is 7.25. The first kappa shape index (κ1) is 23.1. The summed E-state index contributed by atoms with van der Waals surface area (Å²) in [6, 6.07) is 15.2. The van der Waals surface area contributed by atoms with E-state index >= 15 is 0 Å². The van der Waals surface area contributed by atoms with E-state index in [4.69, 9.17) is 10.00 Å². The molecule has 2 heterocycles. The standard InChI is InChI=1S/C28H30N4O3/c1-18-6-13-25(27(33)31-18)32-17-21-14-22(11-12-23(21)28(32)34)35-26-5-3-2-4-24(26)30-16-20-9-7-19(15-29)8-10-20/h7-12,14,24-26,30H,1-6,13,16-17H2,(H,31,33)/t24-,25?,26+/m0/s1. The number of hydrogen-bond donors (Lipinski definition) is 2. The molecule has 2 fully saturated rings. The van der Waals surface area contributed by atoms with E-state index in [9.17, 15) is 9.59 Å². The highest BCUT2D eigenvalue weighted by Crippen LogP contribution is 2.32. The van der Waals surface area contributed by atoms with Crippen molar-refractivity contribution in [1.29, 1.82) is 5.26 Å². The zero-order valence-electron chi connectivity index (χ0n) is 19.8. The van der Waals surface area contributed by atoms with Crippen LogP contribution in [0.4, 0.5) is 0 Å². The first-order valence-corrected chi connectivity index (χ1v) is 12.3. The number of piperidine rings is 1. The van der Waals surface area contributed by atoms with E-state index in [1.165, 1.54) is 0 Å². The van der Waals surface area contributed by atoms with E-state index in [0.717, 1.165) is 49.1 Å². The summed E-state index contributed by atoms with van der Waals surface area (Å²) in [5, 5.41) is 15.4. The molecule has 2 amide bonds. The smallest absolute Gasteiger partial charge is 0.255 e. The predicted octanol–water partition coefficient (Wildman–Crippen LogP) is 3.79. The van der Waals surface area contributed by atoms with Gasteiger partial charge in [0.25, 0.3) is 5.91 Å². The number of carbonyl (C=O) groups is 2. The van der Waals surface area contributed by atoms with Crippen molar-refractivity contribution in [2.45, 2.75) is 69.8 Å². The highest BCUT2D eigenvalue weighted by Gasteiger charge is 2.38. The topological polar surface area (TPSA) is 94.5 Å². The average Bonchev–Trinajstić information content (AvgIpc) is 3.19. The second-order valence-electron chi connectivity index (χ2n) is 9.64. The molecule has 7 heteroatoms. The van der Waals surface area contributed by atoms with Crippen LogP contribution >= 0.6 is 0 Å². The van der Waals surface area contributed by atoms with E-state index < -0.39 is 6.04 Å². The molecule has 0 radical (unpaired) electrons. The molecule has 1 unspecified atom stereocenters. The molecule has 0 aromatic heterocycles. The molecule has 1 saturated carbocycles. The number of nitrogens with one attached hydrogen (secondary N) is 2. The SMILES string of the molecule is C=C1CCC(N2Cc3cc(O[C@@H]4CCCC[C@@H]4NCc4ccc(C#N)cc4)ccc3C2=O)C(=O)N1. The largest absolute Gasteiger partial charge is 0.489 e. The van der Waals surface area contributed by atoms with Crippen LogP contribution in [0.3, 0.4) is 0 Å². The first-order chi connectivity index (χ1) is 17.0. The number of allylic oxidation sites excluding steroid dienone is 1. The van der Waals surface area contributed by atoms with Gasteiger partial charge in [-0.05, 0) is 73.6 Å². The molecule has 7 nitrogen and oxygen atoms in total. The molecule has 2 N–H and O–H groups in total. The minimum Gasteiger partial charge on any atom is -0.489 e. The minimum atomic E-state index is -0.459. The Labute approximate surface area is 205 Å². The normalized spacial score (nSPS) is 24.0. The number of rotatable bonds is 6. The maximum atomic E-state index is 13.0. The number of nitriles is 1. The fourth-order valence-corrected chi connectivity index (χ4v) is 5.30. The van der Waals surface area contributed by atoms with Crippen LogP contribution in [0.2, 0.25) is 0 Å². The summed E-state index contributed by atoms with van der Waals surface area (Å²) in [4.78, 5) is 27.1. The van der Waals surface area contributed by atoms with Gasteiger partial charge < -0.3 is 20.3 Å². The lowest BCUT2D eigenvalue weighted by atomic mass is 9.92. The number of ether oxygens (including phenoxy) is 1. The summed E-state index contributed by atoms with van der Waals surface area (Å²) < 4.78 is 6.44. The van der Waals surface area contributed by atoms with Crippen molar-refractivity contribution in [1.82, 2.24) is 15.5 Å². The maximum absolute atomic E-state index is 13.0. The molecule has 1 saturated heterocycles. The lowest BCUT2D eigenvalue weighted by Crippen LogP contribution is -2.49. The highest BCUT2D eigenvalue weighted by atomic mass is 16.5. The van der Waals surface area contributed by atoms with Crippen molar-refractivity contribution in [3.05, 3.63) is 77.0 Å². The van der Waals surface area contributed by atoms with Crippen LogP contribution in [-0.2, 0) is 17.9 Å². The Balaban J connectivity index is 1.24. The molecule has 3 aliphatic rings. The van der Waals surface area contributed by atoms with E-state index in [1.807, 2.05) is 42.5 Å². The van der Waals surface area contributed by atoms with Gasteiger partial charge in [0.15, 0.2) is 0 Å². The Kier molecular flexibility index (Phi) is 6.56. The number of benzene rings is 2. The van der Waals surface area contributed by atoms with Gasteiger partial charge in [-0.1, -0.05) is 25.1 Å². The van der Waals surface area contributed by atoms with Crippen LogP contribution in [0, 0.1) is 11.3 Å². The van der Waals surface area contributed by atoms with Crippen LogP contribution < -0.4 is 15.4 Å². The summed E-state index contributed by atoms with van der Waals surface area (Å²) in [6.45, 7) is 4.97. The van der Waals surface area contributed by atoms with E-state index in [0.29, 0.717) is 36.2 Å². The van der Waals surface area contributed by atoms with Crippen molar-refractivity contribution < 1.29 is 14.3 Å². The fraction of sp³-hybridized carbons (Fsp3) is 0.393. The Morgan fingerprint density at radius 3 is 2.69 bits per heavy atom. The number of carbonyl (C=O) groups excluding carboxylic acids is 2. The van der Waals surface area contributed by atoms with Gasteiger partial charge in [0.05, 0.1) is 11.6 Å². The van der Waals surface area contributed by atoms with Gasteiger partial charge in [-0.25, -0.2) is 0 Å². The molecule has 2 aromatic carbocycles. The molecule has 0 spiro atoms. The van der Waals surface area contributed by atoms with Crippen LogP contribution in [0.15, 0.2) is 54.7 Å². The zero-order chi connectivity index (χ0) is 24.4. The van der Waals surface area contributed by atoms with Gasteiger partial charge in [-0.2, -0.15) is 5.26 Å². The van der Waals surface area contributed by atoms with Gasteiger partial charge in [0.1, 0.15) is 17.9 Å². The van der Waals surface area contributed by atoms with Crippen LogP contribution in [0.5, 0.6) is 5.75 Å². The summed E-state index contributed by atoms with van der Waals surface area (Å²) in [5.74, 6) is 0.507. The monoisotopic (exact) mass is 470 g/mol. The molecule has 180 valence electrons. The molecule has 35 heavy (non-hydrogen) atoms. The second kappa shape index (κ2) is 9.93. The van der Waals surface area contributed by atoms with Crippen LogP contribution in [0.1, 0.15) is 65.6 Å². The zero-order valence-corrected chi connectivity index (χ0v) is 19.8. The fourth-order valence-electron chi connectivity index (χ4n) is 5.30. The summed E-state index contributed by atoms with van der Waals surface area (Å²) in [7, 11) is 0. The number of hydrogen-bond acceptors (Lipinski definition) is 5. The van der Waals surface area contributed by atoms with Crippen LogP contribution in [-0.4, -0.2) is 34.9 Å². The minimum absolute atomic E-state index is 0.0449. The predicted molar refractivity (Wildman–Crippen MR) is 131 cm³/mol. The number of nitrogens with zero attached hydrogens (tertiary/aromatic N) is 2. The number of amides is 2. The Morgan fingerprint density at radius 1 is 1.11 bits per heavy atom. The second-order valence-corrected chi connectivity index (χ2v) is 9.64. The van der Waals surface area contributed by atoms with Gasteiger partial charge in [-0.3, -0.25) is 9.59 Å². The Morgan fingerprint density at radius 2 is 1.91 bits per heavy atom. The van der Waals surface area contributed by atoms with Crippen molar-refractivity contribution in [3.8, 4) is 11.8 Å². The molecular formula is C28H30N4O3. The molecular weight excluding hydrogens is 440 g/mol. The van der Waals surface area contributed by atoms with Crippen molar-refractivity contribution >= 4 is 11.8 Å². The lowest BCUT2D eigenvalue weighted by molar-refractivity contribution is -0.126. The highest BCUT2D eigenvalue weighted by molar-refractivity contribution is 6.01. The molecule has 5 rings (SSSR count). The lowest BCUT2D eigenvalue weighted by Gasteiger charge is -2.33. The van der Waals surface area contributed by atoms with Crippen molar-refractivity contribution in [3.63, 3.8) is 0 Å². The Bertz CT molecular complexity index is 1180. The summed E-state index contributed by atoms with van der Waals surface area (Å²) in [6.07, 6.45) is 5.63. The van der Waals surface area contributed by atoms with Gasteiger partial charge >= 0.3 is 0 Å². The molecule has 2 aromatic rings. The molecule has 1 aliphatic carbocycles. The van der Waals surface area contributed by atoms with E-state index in [-0.39, 0.29) is 24.0 Å². The van der Waals surface area contributed by atoms with Gasteiger partial charge in [0.2, 0.25) is 5.91 Å². The molecule has 0 bridgehead atoms. The van der Waals surface area contributed by atoms with E-state index in [1.54, 1.807) is 4.90 Å². The molecule has 2 aliphatic heterocycles.